The number of nitrogens with two attached hydrogens (primary N) is 1. The number of hydrogen-bond acceptors (Lipinski definition) is 4. The van der Waals surface area contributed by atoms with Gasteiger partial charge in [-0.05, 0) is 54.9 Å². The highest BCUT2D eigenvalue weighted by Gasteiger charge is 2.06. The van der Waals surface area contributed by atoms with Gasteiger partial charge in [-0.15, -0.1) is 0 Å². The van der Waals surface area contributed by atoms with Crippen LogP contribution in [0.3, 0.4) is 0 Å². The van der Waals surface area contributed by atoms with Gasteiger partial charge in [-0.25, -0.2) is 9.97 Å². The van der Waals surface area contributed by atoms with Crippen LogP contribution in [0, 0.1) is 6.92 Å². The third-order valence-electron chi connectivity index (χ3n) is 3.10. The molecule has 0 aliphatic rings. The second-order valence-corrected chi connectivity index (χ2v) is 5.89. The van der Waals surface area contributed by atoms with Crippen molar-refractivity contribution >= 4 is 22.8 Å². The van der Waals surface area contributed by atoms with Crippen LogP contribution in [-0.4, -0.2) is 15.0 Å². The van der Waals surface area contributed by atoms with Crippen LogP contribution < -0.4 is 5.73 Å². The van der Waals surface area contributed by atoms with Crippen LogP contribution in [0.1, 0.15) is 24.1 Å². The van der Waals surface area contributed by atoms with E-state index in [9.17, 15) is 0 Å². The molecule has 2 heterocycles. The molecule has 3 aromatic rings. The summed E-state index contributed by atoms with van der Waals surface area (Å²) in [5.41, 5.74) is 10.1. The van der Waals surface area contributed by atoms with Gasteiger partial charge < -0.3 is 10.7 Å². The van der Waals surface area contributed by atoms with Crippen molar-refractivity contribution in [2.24, 2.45) is 5.73 Å². The number of fused-ring (bicyclic) bond motifs is 1. The van der Waals surface area contributed by atoms with Crippen molar-refractivity contribution in [2.75, 3.05) is 0 Å². The van der Waals surface area contributed by atoms with E-state index in [1.54, 1.807) is 0 Å². The molecule has 3 rings (SSSR count). The normalized spacial score (nSPS) is 12.8. The highest BCUT2D eigenvalue weighted by molar-refractivity contribution is 7.99. The van der Waals surface area contributed by atoms with Gasteiger partial charge in [-0.3, -0.25) is 0 Å². The fraction of sp³-hybridized carbons (Fsp3) is 0.200. The summed E-state index contributed by atoms with van der Waals surface area (Å²) in [6.45, 7) is 4.02. The lowest BCUT2D eigenvalue weighted by molar-refractivity contribution is 0.806. The molecular weight excluding hydrogens is 268 g/mol. The molecule has 5 heteroatoms. The van der Waals surface area contributed by atoms with Crippen LogP contribution in [0.2, 0.25) is 0 Å². The summed E-state index contributed by atoms with van der Waals surface area (Å²) in [4.78, 5) is 12.3. The van der Waals surface area contributed by atoms with Gasteiger partial charge >= 0.3 is 0 Å². The summed E-state index contributed by atoms with van der Waals surface area (Å²) in [7, 11) is 0. The average Bonchev–Trinajstić information content (AvgIpc) is 2.80. The molecule has 1 atom stereocenters. The maximum atomic E-state index is 5.82. The van der Waals surface area contributed by atoms with E-state index in [1.807, 2.05) is 31.3 Å². The summed E-state index contributed by atoms with van der Waals surface area (Å²) in [5, 5.41) is 1.76. The zero-order valence-corrected chi connectivity index (χ0v) is 12.2. The Morgan fingerprint density at radius 2 is 2.10 bits per heavy atom. The Morgan fingerprint density at radius 1 is 1.25 bits per heavy atom. The first-order valence-electron chi connectivity index (χ1n) is 6.47. The lowest BCUT2D eigenvalue weighted by Crippen LogP contribution is -2.04. The minimum atomic E-state index is 0.00993. The lowest BCUT2D eigenvalue weighted by Gasteiger charge is -2.04. The second-order valence-electron chi connectivity index (χ2n) is 4.88. The van der Waals surface area contributed by atoms with E-state index in [-0.39, 0.29) is 6.04 Å². The van der Waals surface area contributed by atoms with Crippen LogP contribution in [0.25, 0.3) is 11.0 Å². The molecule has 0 aliphatic heterocycles. The standard InChI is InChI=1S/C15H16N4S/c1-9-3-5-12-13(7-9)19-15(18-12)20-14-6-4-11(8-17-14)10(2)16/h3-8,10H,16H2,1-2H3,(H,18,19). The number of nitrogens with one attached hydrogen (secondary N) is 1. The van der Waals surface area contributed by atoms with Crippen LogP contribution in [0.15, 0.2) is 46.7 Å². The second kappa shape index (κ2) is 5.26. The van der Waals surface area contributed by atoms with Gasteiger partial charge in [0.2, 0.25) is 0 Å². The molecule has 20 heavy (non-hydrogen) atoms. The molecule has 1 aromatic carbocycles. The molecule has 102 valence electrons. The molecule has 0 saturated carbocycles. The Labute approximate surface area is 121 Å². The van der Waals surface area contributed by atoms with Crippen LogP contribution in [0.4, 0.5) is 0 Å². The minimum absolute atomic E-state index is 0.00993. The van der Waals surface area contributed by atoms with Gasteiger partial charge in [0.15, 0.2) is 5.16 Å². The summed E-state index contributed by atoms with van der Waals surface area (Å²) in [6, 6.07) is 10.2. The molecular formula is C15H16N4S. The van der Waals surface area contributed by atoms with Gasteiger partial charge in [-0.2, -0.15) is 0 Å². The zero-order valence-electron chi connectivity index (χ0n) is 11.4. The Kier molecular flexibility index (Phi) is 3.46. The third-order valence-corrected chi connectivity index (χ3v) is 3.94. The molecule has 0 bridgehead atoms. The van der Waals surface area contributed by atoms with Crippen molar-refractivity contribution in [1.82, 2.24) is 15.0 Å². The maximum absolute atomic E-state index is 5.82. The summed E-state index contributed by atoms with van der Waals surface area (Å²) in [6.07, 6.45) is 1.82. The van der Waals surface area contributed by atoms with E-state index in [2.05, 4.69) is 34.0 Å². The van der Waals surface area contributed by atoms with Crippen molar-refractivity contribution in [3.63, 3.8) is 0 Å². The quantitative estimate of drug-likeness (QED) is 0.773. The molecule has 0 amide bonds. The topological polar surface area (TPSA) is 67.6 Å². The third kappa shape index (κ3) is 2.69. The minimum Gasteiger partial charge on any atom is -0.333 e. The number of pyridine rings is 1. The van der Waals surface area contributed by atoms with E-state index in [4.69, 9.17) is 5.73 Å². The van der Waals surface area contributed by atoms with Crippen LogP contribution in [-0.2, 0) is 0 Å². The highest BCUT2D eigenvalue weighted by atomic mass is 32.2. The predicted molar refractivity (Wildman–Crippen MR) is 81.8 cm³/mol. The Morgan fingerprint density at radius 3 is 2.80 bits per heavy atom. The molecule has 0 radical (unpaired) electrons. The SMILES string of the molecule is Cc1ccc2nc(Sc3ccc(C(C)N)cn3)[nH]c2c1. The molecule has 2 aromatic heterocycles. The molecule has 0 aliphatic carbocycles. The lowest BCUT2D eigenvalue weighted by atomic mass is 10.2. The van der Waals surface area contributed by atoms with Crippen LogP contribution >= 0.6 is 11.8 Å². The molecule has 4 nitrogen and oxygen atoms in total. The van der Waals surface area contributed by atoms with E-state index in [0.717, 1.165) is 26.8 Å². The smallest absolute Gasteiger partial charge is 0.172 e. The van der Waals surface area contributed by atoms with Crippen molar-refractivity contribution < 1.29 is 0 Å². The number of rotatable bonds is 3. The van der Waals surface area contributed by atoms with Gasteiger partial charge in [0.25, 0.3) is 0 Å². The van der Waals surface area contributed by atoms with E-state index in [1.165, 1.54) is 17.3 Å². The molecule has 1 unspecified atom stereocenters. The summed E-state index contributed by atoms with van der Waals surface area (Å²) in [5.74, 6) is 0. The largest absolute Gasteiger partial charge is 0.333 e. The zero-order chi connectivity index (χ0) is 14.1. The van der Waals surface area contributed by atoms with Gasteiger partial charge in [-0.1, -0.05) is 12.1 Å². The first kappa shape index (κ1) is 13.1. The average molecular weight is 284 g/mol. The van der Waals surface area contributed by atoms with Crippen molar-refractivity contribution in [3.05, 3.63) is 47.7 Å². The van der Waals surface area contributed by atoms with Crippen molar-refractivity contribution in [2.45, 2.75) is 30.1 Å². The number of imidazole rings is 1. The maximum Gasteiger partial charge on any atom is 0.172 e. The molecule has 0 fully saturated rings. The number of aromatic nitrogens is 3. The van der Waals surface area contributed by atoms with Gasteiger partial charge in [0.1, 0.15) is 5.03 Å². The predicted octanol–water partition coefficient (Wildman–Crippen LogP) is 3.44. The van der Waals surface area contributed by atoms with E-state index < -0.39 is 0 Å². The number of benzene rings is 1. The van der Waals surface area contributed by atoms with Gasteiger partial charge in [0.05, 0.1) is 11.0 Å². The number of nitrogens with zero attached hydrogens (tertiary/aromatic N) is 2. The van der Waals surface area contributed by atoms with E-state index in [0.29, 0.717) is 0 Å². The van der Waals surface area contributed by atoms with Crippen molar-refractivity contribution in [3.8, 4) is 0 Å². The number of H-pyrrole nitrogens is 1. The molecule has 0 saturated heterocycles. The highest BCUT2D eigenvalue weighted by Crippen LogP contribution is 2.26. The fourth-order valence-electron chi connectivity index (χ4n) is 1.97. The van der Waals surface area contributed by atoms with Crippen molar-refractivity contribution in [1.29, 1.82) is 0 Å². The Bertz CT molecular complexity index is 731. The Hall–Kier alpha value is -1.85. The van der Waals surface area contributed by atoms with Gasteiger partial charge in [0, 0.05) is 12.2 Å². The number of hydrogen-bond donors (Lipinski definition) is 2. The molecule has 0 spiro atoms. The first-order valence-corrected chi connectivity index (χ1v) is 7.29. The summed E-state index contributed by atoms with van der Waals surface area (Å²) >= 11 is 1.52. The first-order chi connectivity index (χ1) is 9.61. The monoisotopic (exact) mass is 284 g/mol. The fourth-order valence-corrected chi connectivity index (χ4v) is 2.71. The Balaban J connectivity index is 1.85. The molecule has 3 N–H and O–H groups in total. The number of aromatic amines is 1. The van der Waals surface area contributed by atoms with Crippen LogP contribution in [0.5, 0.6) is 0 Å². The summed E-state index contributed by atoms with van der Waals surface area (Å²) < 4.78 is 0. The van der Waals surface area contributed by atoms with E-state index >= 15 is 0 Å². The number of aryl methyl sites for hydroxylation is 1.